The van der Waals surface area contributed by atoms with Gasteiger partial charge in [-0.2, -0.15) is 0 Å². The normalized spacial score (nSPS) is 14.7. The molecule has 1 heterocycles. The van der Waals surface area contributed by atoms with E-state index in [0.717, 1.165) is 43.4 Å². The van der Waals surface area contributed by atoms with Gasteiger partial charge in [-0.05, 0) is 47.7 Å². The molecular weight excluding hydrogens is 398 g/mol. The van der Waals surface area contributed by atoms with E-state index in [0.29, 0.717) is 22.4 Å². The molecule has 7 heteroatoms. The molecule has 1 amide bonds. The van der Waals surface area contributed by atoms with Crippen molar-refractivity contribution in [3.8, 4) is 0 Å². The third-order valence-corrected chi connectivity index (χ3v) is 5.90. The number of nitrogens with zero attached hydrogens (tertiary/aromatic N) is 1. The van der Waals surface area contributed by atoms with Crippen LogP contribution in [-0.2, 0) is 10.0 Å². The lowest BCUT2D eigenvalue weighted by Crippen LogP contribution is -2.25. The molecular formula is C23H29N3O3S. The van der Waals surface area contributed by atoms with Crippen molar-refractivity contribution in [2.45, 2.75) is 25.7 Å². The van der Waals surface area contributed by atoms with Crippen LogP contribution < -0.4 is 14.9 Å². The van der Waals surface area contributed by atoms with Crippen molar-refractivity contribution < 1.29 is 13.2 Å². The summed E-state index contributed by atoms with van der Waals surface area (Å²) in [5.74, 6) is -0.192. The van der Waals surface area contributed by atoms with Crippen LogP contribution in [-0.4, -0.2) is 40.7 Å². The number of benzene rings is 2. The molecule has 1 fully saturated rings. The largest absolute Gasteiger partial charge is 0.370 e. The quantitative estimate of drug-likeness (QED) is 0.734. The molecule has 0 atom stereocenters. The summed E-state index contributed by atoms with van der Waals surface area (Å²) in [7, 11) is -1.86. The van der Waals surface area contributed by atoms with Crippen LogP contribution in [0, 0.1) is 0 Å². The van der Waals surface area contributed by atoms with Gasteiger partial charge in [0, 0.05) is 25.7 Å². The standard InChI is InChI=1S/C23H29N3O3S/c1-17(19-10-6-7-11-20(19)23(27)24-2)18-12-13-22(21(16-18)25-30(3,28)29)26-14-8-4-5-9-15-26/h6-7,10-13,16,25H,1,4-5,8-9,14-15H2,2-3H3,(H,24,27). The summed E-state index contributed by atoms with van der Waals surface area (Å²) in [6, 6.07) is 13.0. The molecule has 0 bridgehead atoms. The number of anilines is 2. The fourth-order valence-electron chi connectivity index (χ4n) is 3.83. The minimum Gasteiger partial charge on any atom is -0.370 e. The van der Waals surface area contributed by atoms with Gasteiger partial charge in [-0.3, -0.25) is 9.52 Å². The molecule has 0 aliphatic carbocycles. The molecule has 0 aromatic heterocycles. The Morgan fingerprint density at radius 2 is 1.63 bits per heavy atom. The van der Waals surface area contributed by atoms with Gasteiger partial charge in [-0.15, -0.1) is 0 Å². The maximum absolute atomic E-state index is 12.3. The van der Waals surface area contributed by atoms with Crippen molar-refractivity contribution in [1.29, 1.82) is 0 Å². The Bertz CT molecular complexity index is 1040. The van der Waals surface area contributed by atoms with Crippen LogP contribution in [0.4, 0.5) is 11.4 Å². The SMILES string of the molecule is C=C(c1ccc(N2CCCCCC2)c(NS(C)(=O)=O)c1)c1ccccc1C(=O)NC. The van der Waals surface area contributed by atoms with Gasteiger partial charge in [-0.25, -0.2) is 8.42 Å². The highest BCUT2D eigenvalue weighted by Gasteiger charge is 2.19. The average molecular weight is 428 g/mol. The highest BCUT2D eigenvalue weighted by Crippen LogP contribution is 2.34. The molecule has 1 aliphatic heterocycles. The Kier molecular flexibility index (Phi) is 6.82. The predicted octanol–water partition coefficient (Wildman–Crippen LogP) is 3.86. The number of rotatable bonds is 6. The van der Waals surface area contributed by atoms with Gasteiger partial charge in [0.25, 0.3) is 5.91 Å². The fraction of sp³-hybridized carbons (Fsp3) is 0.348. The maximum atomic E-state index is 12.3. The molecule has 3 rings (SSSR count). The summed E-state index contributed by atoms with van der Waals surface area (Å²) in [5.41, 5.74) is 4.07. The lowest BCUT2D eigenvalue weighted by atomic mass is 9.94. The second-order valence-electron chi connectivity index (χ2n) is 7.61. The summed E-state index contributed by atoms with van der Waals surface area (Å²) in [6.07, 6.45) is 5.72. The van der Waals surface area contributed by atoms with E-state index in [1.165, 1.54) is 12.8 Å². The monoisotopic (exact) mass is 427 g/mol. The lowest BCUT2D eigenvalue weighted by molar-refractivity contribution is 0.0963. The summed E-state index contributed by atoms with van der Waals surface area (Å²) < 4.78 is 26.7. The molecule has 2 aromatic carbocycles. The molecule has 0 spiro atoms. The summed E-state index contributed by atoms with van der Waals surface area (Å²) >= 11 is 0. The Morgan fingerprint density at radius 1 is 1.00 bits per heavy atom. The van der Waals surface area contributed by atoms with Crippen LogP contribution in [0.15, 0.2) is 49.0 Å². The number of sulfonamides is 1. The molecule has 1 aliphatic rings. The molecule has 0 saturated carbocycles. The zero-order valence-electron chi connectivity index (χ0n) is 17.6. The van der Waals surface area contributed by atoms with E-state index in [-0.39, 0.29) is 5.91 Å². The number of carbonyl (C=O) groups excluding carboxylic acids is 1. The van der Waals surface area contributed by atoms with E-state index in [4.69, 9.17) is 0 Å². The minimum absolute atomic E-state index is 0.192. The predicted molar refractivity (Wildman–Crippen MR) is 124 cm³/mol. The topological polar surface area (TPSA) is 78.5 Å². The summed E-state index contributed by atoms with van der Waals surface area (Å²) in [4.78, 5) is 14.5. The highest BCUT2D eigenvalue weighted by molar-refractivity contribution is 7.92. The molecule has 6 nitrogen and oxygen atoms in total. The first-order chi connectivity index (χ1) is 14.3. The zero-order valence-corrected chi connectivity index (χ0v) is 18.4. The van der Waals surface area contributed by atoms with Gasteiger partial charge in [0.2, 0.25) is 10.0 Å². The lowest BCUT2D eigenvalue weighted by Gasteiger charge is -2.26. The molecule has 0 radical (unpaired) electrons. The van der Waals surface area contributed by atoms with Crippen LogP contribution in [0.3, 0.4) is 0 Å². The molecule has 2 aromatic rings. The molecule has 160 valence electrons. The van der Waals surface area contributed by atoms with Crippen molar-refractivity contribution in [3.05, 3.63) is 65.7 Å². The third kappa shape index (κ3) is 5.21. The highest BCUT2D eigenvalue weighted by atomic mass is 32.2. The van der Waals surface area contributed by atoms with Gasteiger partial charge in [0.05, 0.1) is 17.6 Å². The zero-order chi connectivity index (χ0) is 21.7. The molecule has 1 saturated heterocycles. The van der Waals surface area contributed by atoms with Crippen LogP contribution in [0.25, 0.3) is 5.57 Å². The van der Waals surface area contributed by atoms with Gasteiger partial charge >= 0.3 is 0 Å². The van der Waals surface area contributed by atoms with E-state index >= 15 is 0 Å². The van der Waals surface area contributed by atoms with Gasteiger partial charge in [0.15, 0.2) is 0 Å². The average Bonchev–Trinajstić information content (AvgIpc) is 3.01. The van der Waals surface area contributed by atoms with E-state index < -0.39 is 10.0 Å². The fourth-order valence-corrected chi connectivity index (χ4v) is 4.39. The van der Waals surface area contributed by atoms with E-state index in [2.05, 4.69) is 21.5 Å². The first kappa shape index (κ1) is 21.9. The maximum Gasteiger partial charge on any atom is 0.251 e. The number of hydrogen-bond acceptors (Lipinski definition) is 4. The number of nitrogens with one attached hydrogen (secondary N) is 2. The second kappa shape index (κ2) is 9.34. The smallest absolute Gasteiger partial charge is 0.251 e. The molecule has 0 unspecified atom stereocenters. The van der Waals surface area contributed by atoms with E-state index in [1.807, 2.05) is 30.3 Å². The van der Waals surface area contributed by atoms with Crippen molar-refractivity contribution in [3.63, 3.8) is 0 Å². The van der Waals surface area contributed by atoms with Crippen molar-refractivity contribution in [2.24, 2.45) is 0 Å². The van der Waals surface area contributed by atoms with E-state index in [1.54, 1.807) is 19.2 Å². The minimum atomic E-state index is -3.45. The number of amides is 1. The molecule has 30 heavy (non-hydrogen) atoms. The van der Waals surface area contributed by atoms with Crippen LogP contribution in [0.2, 0.25) is 0 Å². The van der Waals surface area contributed by atoms with Crippen LogP contribution >= 0.6 is 0 Å². The van der Waals surface area contributed by atoms with Crippen molar-refractivity contribution >= 4 is 32.9 Å². The van der Waals surface area contributed by atoms with Gasteiger partial charge in [-0.1, -0.05) is 43.7 Å². The summed E-state index contributed by atoms with van der Waals surface area (Å²) in [6.45, 7) is 6.00. The van der Waals surface area contributed by atoms with Crippen molar-refractivity contribution in [1.82, 2.24) is 5.32 Å². The molecule has 2 N–H and O–H groups in total. The van der Waals surface area contributed by atoms with E-state index in [9.17, 15) is 13.2 Å². The van der Waals surface area contributed by atoms with Crippen LogP contribution in [0.1, 0.15) is 47.2 Å². The summed E-state index contributed by atoms with van der Waals surface area (Å²) in [5, 5.41) is 2.65. The number of carbonyl (C=O) groups is 1. The first-order valence-corrected chi connectivity index (χ1v) is 12.1. The Hall–Kier alpha value is -2.80. The second-order valence-corrected chi connectivity index (χ2v) is 9.36. The third-order valence-electron chi connectivity index (χ3n) is 5.31. The van der Waals surface area contributed by atoms with Crippen LogP contribution in [0.5, 0.6) is 0 Å². The van der Waals surface area contributed by atoms with Gasteiger partial charge < -0.3 is 10.2 Å². The Labute approximate surface area is 179 Å². The first-order valence-electron chi connectivity index (χ1n) is 10.2. The Balaban J connectivity index is 2.03. The Morgan fingerprint density at radius 3 is 2.23 bits per heavy atom. The number of hydrogen-bond donors (Lipinski definition) is 2. The van der Waals surface area contributed by atoms with Gasteiger partial charge in [0.1, 0.15) is 0 Å². The van der Waals surface area contributed by atoms with Crippen molar-refractivity contribution in [2.75, 3.05) is 36.0 Å².